The van der Waals surface area contributed by atoms with Crippen LogP contribution in [0.25, 0.3) is 0 Å². The number of alkyl halides is 3. The van der Waals surface area contributed by atoms with Crippen molar-refractivity contribution in [1.82, 2.24) is 4.72 Å². The van der Waals surface area contributed by atoms with Crippen molar-refractivity contribution in [2.75, 3.05) is 10.6 Å². The molecule has 144 valence electrons. The van der Waals surface area contributed by atoms with Crippen LogP contribution < -0.4 is 15.4 Å². The number of hydrogen-bond donors (Lipinski definition) is 3. The number of carbonyl (C=O) groups is 1. The number of sulfonamides is 1. The van der Waals surface area contributed by atoms with E-state index in [1.54, 1.807) is 19.1 Å². The van der Waals surface area contributed by atoms with E-state index in [1.165, 1.54) is 6.07 Å². The summed E-state index contributed by atoms with van der Waals surface area (Å²) < 4.78 is 65.3. The molecule has 1 heterocycles. The molecule has 0 saturated heterocycles. The molecule has 0 aliphatic carbocycles. The molecule has 1 atom stereocenters. The van der Waals surface area contributed by atoms with E-state index < -0.39 is 33.8 Å². The Labute approximate surface area is 157 Å². The van der Waals surface area contributed by atoms with E-state index >= 15 is 0 Å². The number of aryl methyl sites for hydroxylation is 1. The molecule has 3 rings (SSSR count). The highest BCUT2D eigenvalue weighted by molar-refractivity contribution is 7.89. The summed E-state index contributed by atoms with van der Waals surface area (Å²) in [7, 11) is -4.18. The van der Waals surface area contributed by atoms with Crippen LogP contribution in [0.2, 0.25) is 5.02 Å². The maximum atomic E-state index is 12.9. The van der Waals surface area contributed by atoms with Gasteiger partial charge in [-0.15, -0.1) is 0 Å². The topological polar surface area (TPSA) is 87.3 Å². The molecule has 1 aliphatic heterocycles. The molecule has 2 aromatic rings. The standard InChI is InChI=1S/C16H13ClF3N3O3S/c1-8-2-4-11(10(17)6-8)22-15(24)14-21-12-7-9(16(18,19)20)3-5-13(12)27(25,26)23-14/h2-7,14,21,23H,1H3,(H,22,24)/t14-/m0/s1. The first-order chi connectivity index (χ1) is 12.5. The number of amides is 1. The molecule has 6 nitrogen and oxygen atoms in total. The zero-order valence-electron chi connectivity index (χ0n) is 13.7. The third-order valence-electron chi connectivity index (χ3n) is 3.81. The first-order valence-electron chi connectivity index (χ1n) is 7.54. The molecular formula is C16H13ClF3N3O3S. The fourth-order valence-electron chi connectivity index (χ4n) is 2.50. The van der Waals surface area contributed by atoms with Crippen LogP contribution in [0.3, 0.4) is 0 Å². The lowest BCUT2D eigenvalue weighted by Gasteiger charge is -2.27. The van der Waals surface area contributed by atoms with E-state index in [2.05, 4.69) is 15.4 Å². The summed E-state index contributed by atoms with van der Waals surface area (Å²) in [5, 5.41) is 5.15. The Bertz CT molecular complexity index is 1030. The van der Waals surface area contributed by atoms with Crippen LogP contribution in [0.5, 0.6) is 0 Å². The van der Waals surface area contributed by atoms with Crippen molar-refractivity contribution < 1.29 is 26.4 Å². The SMILES string of the molecule is Cc1ccc(NC(=O)[C@H]2Nc3cc(C(F)(F)F)ccc3S(=O)(=O)N2)c(Cl)c1. The summed E-state index contributed by atoms with van der Waals surface area (Å²) in [6, 6.07) is 6.95. The molecule has 0 unspecified atom stereocenters. The van der Waals surface area contributed by atoms with Crippen LogP contribution in [0.15, 0.2) is 41.3 Å². The fourth-order valence-corrected chi connectivity index (χ4v) is 4.04. The Balaban J connectivity index is 1.90. The van der Waals surface area contributed by atoms with Gasteiger partial charge in [-0.2, -0.15) is 17.9 Å². The molecule has 2 aromatic carbocycles. The van der Waals surface area contributed by atoms with Crippen molar-refractivity contribution in [3.8, 4) is 0 Å². The minimum absolute atomic E-state index is 0.238. The van der Waals surface area contributed by atoms with E-state index in [-0.39, 0.29) is 21.3 Å². The summed E-state index contributed by atoms with van der Waals surface area (Å²) in [5.74, 6) is -0.826. The van der Waals surface area contributed by atoms with E-state index in [1.807, 2.05) is 0 Å². The highest BCUT2D eigenvalue weighted by Crippen LogP contribution is 2.35. The van der Waals surface area contributed by atoms with Crippen molar-refractivity contribution in [2.45, 2.75) is 24.2 Å². The molecule has 0 aromatic heterocycles. The zero-order valence-corrected chi connectivity index (χ0v) is 15.3. The second-order valence-corrected chi connectivity index (χ2v) is 7.97. The van der Waals surface area contributed by atoms with Gasteiger partial charge in [-0.05, 0) is 42.8 Å². The number of fused-ring (bicyclic) bond motifs is 1. The normalized spacial score (nSPS) is 18.3. The average Bonchev–Trinajstić information content (AvgIpc) is 2.55. The van der Waals surface area contributed by atoms with E-state index in [0.29, 0.717) is 12.1 Å². The van der Waals surface area contributed by atoms with Gasteiger partial charge in [-0.1, -0.05) is 17.7 Å². The van der Waals surface area contributed by atoms with Crippen LogP contribution in [0, 0.1) is 6.92 Å². The van der Waals surface area contributed by atoms with Crippen LogP contribution in [-0.2, 0) is 21.0 Å². The van der Waals surface area contributed by atoms with Crippen LogP contribution in [-0.4, -0.2) is 20.5 Å². The number of hydrogen-bond acceptors (Lipinski definition) is 4. The van der Waals surface area contributed by atoms with E-state index in [0.717, 1.165) is 11.6 Å². The van der Waals surface area contributed by atoms with Gasteiger partial charge in [0, 0.05) is 0 Å². The van der Waals surface area contributed by atoms with Gasteiger partial charge in [0.25, 0.3) is 5.91 Å². The molecule has 0 spiro atoms. The molecular weight excluding hydrogens is 407 g/mol. The van der Waals surface area contributed by atoms with Gasteiger partial charge < -0.3 is 10.6 Å². The van der Waals surface area contributed by atoms with E-state index in [4.69, 9.17) is 11.6 Å². The molecule has 1 aliphatic rings. The van der Waals surface area contributed by atoms with E-state index in [9.17, 15) is 26.4 Å². The Morgan fingerprint density at radius 2 is 1.89 bits per heavy atom. The first kappa shape index (κ1) is 19.5. The first-order valence-corrected chi connectivity index (χ1v) is 9.40. The Morgan fingerprint density at radius 1 is 1.19 bits per heavy atom. The number of anilines is 2. The number of carbonyl (C=O) groups excluding carboxylic acids is 1. The predicted molar refractivity (Wildman–Crippen MR) is 94.0 cm³/mol. The Kier molecular flexibility index (Phi) is 4.83. The summed E-state index contributed by atoms with van der Waals surface area (Å²) in [6.45, 7) is 1.80. The van der Waals surface area contributed by atoms with Crippen molar-refractivity contribution >= 4 is 38.9 Å². The molecule has 0 radical (unpaired) electrons. The molecule has 0 bridgehead atoms. The summed E-state index contributed by atoms with van der Waals surface area (Å²) in [6.07, 6.45) is -6.17. The average molecular weight is 420 g/mol. The number of nitrogens with one attached hydrogen (secondary N) is 3. The lowest BCUT2D eigenvalue weighted by molar-refractivity contribution is -0.137. The lowest BCUT2D eigenvalue weighted by atomic mass is 10.2. The summed E-state index contributed by atoms with van der Waals surface area (Å²) in [5.41, 5.74) is -0.267. The van der Waals surface area contributed by atoms with Crippen LogP contribution >= 0.6 is 11.6 Å². The molecule has 11 heteroatoms. The van der Waals surface area contributed by atoms with Crippen molar-refractivity contribution in [3.63, 3.8) is 0 Å². The van der Waals surface area contributed by atoms with Crippen LogP contribution in [0.4, 0.5) is 24.5 Å². The molecule has 0 saturated carbocycles. The minimum atomic E-state index is -4.65. The monoisotopic (exact) mass is 419 g/mol. The third kappa shape index (κ3) is 4.02. The zero-order chi connectivity index (χ0) is 20.0. The van der Waals surface area contributed by atoms with Gasteiger partial charge >= 0.3 is 6.18 Å². The smallest absolute Gasteiger partial charge is 0.360 e. The van der Waals surface area contributed by atoms with Crippen LogP contribution in [0.1, 0.15) is 11.1 Å². The Hall–Kier alpha value is -2.30. The third-order valence-corrected chi connectivity index (χ3v) is 5.61. The van der Waals surface area contributed by atoms with Gasteiger partial charge in [0.05, 0.1) is 22.0 Å². The molecule has 1 amide bonds. The minimum Gasteiger partial charge on any atom is -0.360 e. The largest absolute Gasteiger partial charge is 0.416 e. The van der Waals surface area contributed by atoms with Gasteiger partial charge in [0.1, 0.15) is 4.90 Å². The maximum Gasteiger partial charge on any atom is 0.416 e. The second kappa shape index (κ2) is 6.70. The predicted octanol–water partition coefficient (Wildman–Crippen LogP) is 3.34. The van der Waals surface area contributed by atoms with Crippen molar-refractivity contribution in [2.24, 2.45) is 0 Å². The van der Waals surface area contributed by atoms with Crippen molar-refractivity contribution in [3.05, 3.63) is 52.5 Å². The lowest BCUT2D eigenvalue weighted by Crippen LogP contribution is -2.51. The number of rotatable bonds is 2. The molecule has 3 N–H and O–H groups in total. The highest BCUT2D eigenvalue weighted by Gasteiger charge is 2.37. The second-order valence-electron chi connectivity index (χ2n) is 5.88. The Morgan fingerprint density at radius 3 is 2.52 bits per heavy atom. The van der Waals surface area contributed by atoms with Gasteiger partial charge in [0.15, 0.2) is 6.17 Å². The van der Waals surface area contributed by atoms with Gasteiger partial charge in [-0.3, -0.25) is 4.79 Å². The molecule has 0 fully saturated rings. The van der Waals surface area contributed by atoms with Gasteiger partial charge in [-0.25, -0.2) is 8.42 Å². The number of benzene rings is 2. The quantitative estimate of drug-likeness (QED) is 0.696. The number of halogens is 4. The van der Waals surface area contributed by atoms with Gasteiger partial charge in [0.2, 0.25) is 10.0 Å². The van der Waals surface area contributed by atoms with Crippen molar-refractivity contribution in [1.29, 1.82) is 0 Å². The highest BCUT2D eigenvalue weighted by atomic mass is 35.5. The molecule has 27 heavy (non-hydrogen) atoms. The summed E-state index contributed by atoms with van der Waals surface area (Å²) >= 11 is 6.02. The summed E-state index contributed by atoms with van der Waals surface area (Å²) in [4.78, 5) is 12.0. The maximum absolute atomic E-state index is 12.9. The fraction of sp³-hybridized carbons (Fsp3) is 0.188.